The summed E-state index contributed by atoms with van der Waals surface area (Å²) in [6.45, 7) is 0.621. The summed E-state index contributed by atoms with van der Waals surface area (Å²) in [6, 6.07) is 12.1. The van der Waals surface area contributed by atoms with E-state index in [1.54, 1.807) is 0 Å². The fourth-order valence-corrected chi connectivity index (χ4v) is 3.70. The predicted octanol–water partition coefficient (Wildman–Crippen LogP) is 4.66. The number of thiophene rings is 1. The van der Waals surface area contributed by atoms with Crippen molar-refractivity contribution in [1.82, 2.24) is 4.90 Å². The number of hydrogen-bond donors (Lipinski definition) is 0. The van der Waals surface area contributed by atoms with Crippen LogP contribution in [0.25, 0.3) is 0 Å². The number of Topliss-reactive ketones (excluding diaryl/α,β-unsaturated/α-hetero) is 1. The Morgan fingerprint density at radius 2 is 2.00 bits per heavy atom. The van der Waals surface area contributed by atoms with Crippen LogP contribution in [0.15, 0.2) is 46.3 Å². The Balaban J connectivity index is 1.59. The molecule has 1 saturated carbocycles. The third-order valence-corrected chi connectivity index (χ3v) is 5.32. The van der Waals surface area contributed by atoms with Gasteiger partial charge in [0.1, 0.15) is 0 Å². The highest BCUT2D eigenvalue weighted by Gasteiger charge is 2.32. The fraction of sp³-hybridized carbons (Fsp3) is 0.333. The van der Waals surface area contributed by atoms with Gasteiger partial charge in [-0.1, -0.05) is 34.1 Å². The van der Waals surface area contributed by atoms with Gasteiger partial charge in [-0.25, -0.2) is 0 Å². The molecule has 0 atom stereocenters. The van der Waals surface area contributed by atoms with Crippen LogP contribution in [0, 0.1) is 0 Å². The fourth-order valence-electron chi connectivity index (χ4n) is 2.56. The zero-order valence-corrected chi connectivity index (χ0v) is 15.1. The maximum Gasteiger partial charge on any atom is 0.223 e. The Bertz CT molecular complexity index is 695. The third kappa shape index (κ3) is 4.52. The van der Waals surface area contributed by atoms with E-state index in [1.165, 1.54) is 11.3 Å². The molecule has 1 heterocycles. The van der Waals surface area contributed by atoms with Crippen molar-refractivity contribution in [1.29, 1.82) is 0 Å². The predicted molar refractivity (Wildman–Crippen MR) is 95.6 cm³/mol. The van der Waals surface area contributed by atoms with E-state index in [4.69, 9.17) is 0 Å². The summed E-state index contributed by atoms with van der Waals surface area (Å²) in [5, 5.41) is 1.89. The molecule has 5 heteroatoms. The number of nitrogens with zero attached hydrogens (tertiary/aromatic N) is 1. The smallest absolute Gasteiger partial charge is 0.223 e. The molecule has 1 aromatic heterocycles. The van der Waals surface area contributed by atoms with Gasteiger partial charge in [-0.3, -0.25) is 9.59 Å². The van der Waals surface area contributed by atoms with Crippen molar-refractivity contribution in [3.05, 3.63) is 56.7 Å². The van der Waals surface area contributed by atoms with Gasteiger partial charge in [-0.15, -0.1) is 11.3 Å². The monoisotopic (exact) mass is 391 g/mol. The Hall–Kier alpha value is -1.46. The van der Waals surface area contributed by atoms with Crippen molar-refractivity contribution in [2.24, 2.45) is 0 Å². The standard InChI is InChI=1S/C18H18BrNO2S/c19-14-4-1-3-13(11-14)12-20(15-6-7-15)18(22)9-8-16(21)17-5-2-10-23-17/h1-5,10-11,15H,6-9,12H2. The minimum absolute atomic E-state index is 0.0616. The number of hydrogen-bond acceptors (Lipinski definition) is 3. The van der Waals surface area contributed by atoms with E-state index in [0.29, 0.717) is 25.4 Å². The zero-order valence-electron chi connectivity index (χ0n) is 12.7. The summed E-state index contributed by atoms with van der Waals surface area (Å²) in [5.74, 6) is 0.143. The second kappa shape index (κ2) is 7.41. The normalized spacial score (nSPS) is 13.8. The van der Waals surface area contributed by atoms with E-state index >= 15 is 0 Å². The number of amides is 1. The van der Waals surface area contributed by atoms with Gasteiger partial charge in [0.05, 0.1) is 4.88 Å². The maximum atomic E-state index is 12.6. The van der Waals surface area contributed by atoms with Crippen LogP contribution in [-0.4, -0.2) is 22.6 Å². The Morgan fingerprint density at radius 1 is 1.17 bits per heavy atom. The number of halogens is 1. The quantitative estimate of drug-likeness (QED) is 0.643. The lowest BCUT2D eigenvalue weighted by Crippen LogP contribution is -2.32. The molecular weight excluding hydrogens is 374 g/mol. The van der Waals surface area contributed by atoms with Crippen LogP contribution in [0.4, 0.5) is 0 Å². The minimum atomic E-state index is 0.0616. The highest BCUT2D eigenvalue weighted by molar-refractivity contribution is 9.10. The molecule has 3 rings (SSSR count). The van der Waals surface area contributed by atoms with E-state index in [-0.39, 0.29) is 11.7 Å². The summed E-state index contributed by atoms with van der Waals surface area (Å²) in [6.07, 6.45) is 2.72. The second-order valence-corrected chi connectivity index (χ2v) is 7.65. The number of benzene rings is 1. The van der Waals surface area contributed by atoms with E-state index in [1.807, 2.05) is 46.7 Å². The zero-order chi connectivity index (χ0) is 16.2. The molecule has 0 aliphatic heterocycles. The summed E-state index contributed by atoms with van der Waals surface area (Å²) >= 11 is 4.90. The summed E-state index contributed by atoms with van der Waals surface area (Å²) in [7, 11) is 0. The SMILES string of the molecule is O=C(CCC(=O)N(Cc1cccc(Br)c1)C1CC1)c1cccs1. The van der Waals surface area contributed by atoms with Gasteiger partial charge in [0.2, 0.25) is 5.91 Å². The van der Waals surface area contributed by atoms with Gasteiger partial charge < -0.3 is 4.90 Å². The van der Waals surface area contributed by atoms with Crippen LogP contribution in [0.1, 0.15) is 40.9 Å². The van der Waals surface area contributed by atoms with Crippen LogP contribution in [0.5, 0.6) is 0 Å². The maximum absolute atomic E-state index is 12.6. The highest BCUT2D eigenvalue weighted by atomic mass is 79.9. The molecule has 0 saturated heterocycles. The molecule has 1 amide bonds. The van der Waals surface area contributed by atoms with Crippen molar-refractivity contribution < 1.29 is 9.59 Å². The first kappa shape index (κ1) is 16.4. The molecule has 23 heavy (non-hydrogen) atoms. The molecule has 0 bridgehead atoms. The van der Waals surface area contributed by atoms with Gasteiger partial charge in [-0.05, 0) is 42.0 Å². The van der Waals surface area contributed by atoms with Crippen LogP contribution in [-0.2, 0) is 11.3 Å². The minimum Gasteiger partial charge on any atom is -0.335 e. The third-order valence-electron chi connectivity index (χ3n) is 3.91. The average Bonchev–Trinajstić information content (AvgIpc) is 3.23. The molecule has 0 spiro atoms. The van der Waals surface area contributed by atoms with Crippen molar-refractivity contribution in [3.63, 3.8) is 0 Å². The van der Waals surface area contributed by atoms with E-state index in [2.05, 4.69) is 15.9 Å². The van der Waals surface area contributed by atoms with E-state index in [9.17, 15) is 9.59 Å². The van der Waals surface area contributed by atoms with Gasteiger partial charge in [0.15, 0.2) is 5.78 Å². The molecule has 1 fully saturated rings. The highest BCUT2D eigenvalue weighted by Crippen LogP contribution is 2.29. The molecule has 2 aromatic rings. The Morgan fingerprint density at radius 3 is 2.65 bits per heavy atom. The first-order chi connectivity index (χ1) is 11.1. The second-order valence-electron chi connectivity index (χ2n) is 5.78. The van der Waals surface area contributed by atoms with E-state index in [0.717, 1.165) is 27.8 Å². The van der Waals surface area contributed by atoms with Crippen LogP contribution in [0.2, 0.25) is 0 Å². The van der Waals surface area contributed by atoms with Gasteiger partial charge in [0, 0.05) is 29.9 Å². The molecule has 1 aliphatic rings. The molecule has 1 aromatic carbocycles. The molecule has 0 unspecified atom stereocenters. The number of carbonyl (C=O) groups excluding carboxylic acids is 2. The average molecular weight is 392 g/mol. The van der Waals surface area contributed by atoms with Crippen molar-refractivity contribution in [2.45, 2.75) is 38.3 Å². The summed E-state index contributed by atoms with van der Waals surface area (Å²) in [4.78, 5) is 27.3. The molecular formula is C18H18BrNO2S. The van der Waals surface area contributed by atoms with Crippen molar-refractivity contribution >= 4 is 39.0 Å². The van der Waals surface area contributed by atoms with Crippen molar-refractivity contribution in [2.75, 3.05) is 0 Å². The first-order valence-corrected chi connectivity index (χ1v) is 9.41. The topological polar surface area (TPSA) is 37.4 Å². The number of ketones is 1. The van der Waals surface area contributed by atoms with Crippen molar-refractivity contribution in [3.8, 4) is 0 Å². The largest absolute Gasteiger partial charge is 0.335 e. The van der Waals surface area contributed by atoms with Crippen LogP contribution in [0.3, 0.4) is 0 Å². The molecule has 3 nitrogen and oxygen atoms in total. The molecule has 0 N–H and O–H groups in total. The Labute approximate surface area is 148 Å². The van der Waals surface area contributed by atoms with Gasteiger partial charge in [0.25, 0.3) is 0 Å². The summed E-state index contributed by atoms with van der Waals surface area (Å²) in [5.41, 5.74) is 1.12. The van der Waals surface area contributed by atoms with E-state index < -0.39 is 0 Å². The van der Waals surface area contributed by atoms with Gasteiger partial charge in [-0.2, -0.15) is 0 Å². The lowest BCUT2D eigenvalue weighted by Gasteiger charge is -2.22. The van der Waals surface area contributed by atoms with Gasteiger partial charge >= 0.3 is 0 Å². The van der Waals surface area contributed by atoms with Crippen LogP contribution >= 0.6 is 27.3 Å². The molecule has 120 valence electrons. The lowest BCUT2D eigenvalue weighted by atomic mass is 10.1. The Kier molecular flexibility index (Phi) is 5.28. The number of carbonyl (C=O) groups is 2. The summed E-state index contributed by atoms with van der Waals surface area (Å²) < 4.78 is 1.02. The molecule has 0 radical (unpaired) electrons. The molecule has 1 aliphatic carbocycles. The van der Waals surface area contributed by atoms with Crippen LogP contribution < -0.4 is 0 Å². The lowest BCUT2D eigenvalue weighted by molar-refractivity contribution is -0.132. The first-order valence-electron chi connectivity index (χ1n) is 7.74. The number of rotatable bonds is 7.